The highest BCUT2D eigenvalue weighted by molar-refractivity contribution is 6.65. The minimum Gasteiger partial charge on any atom is -0.490 e. The van der Waals surface area contributed by atoms with Crippen molar-refractivity contribution >= 4 is 25.2 Å². The fourth-order valence-corrected chi connectivity index (χ4v) is 4.55. The van der Waals surface area contributed by atoms with E-state index in [0.29, 0.717) is 26.4 Å². The van der Waals surface area contributed by atoms with Crippen molar-refractivity contribution in [1.29, 1.82) is 0 Å². The van der Waals surface area contributed by atoms with Crippen LogP contribution in [0.3, 0.4) is 0 Å². The SMILES string of the molecule is CCCCCCOc1c(OCCCCCC)c(B(O)O)c(OCCCCCC)c(OCCCCCC)c1B(O)O. The summed E-state index contributed by atoms with van der Waals surface area (Å²) in [6, 6.07) is 0. The summed E-state index contributed by atoms with van der Waals surface area (Å²) in [6.45, 7) is 9.80. The lowest BCUT2D eigenvalue weighted by molar-refractivity contribution is 0.242. The van der Waals surface area contributed by atoms with Crippen LogP contribution in [-0.4, -0.2) is 60.8 Å². The molecule has 0 aromatic heterocycles. The number of rotatable bonds is 26. The van der Waals surface area contributed by atoms with Gasteiger partial charge in [-0.3, -0.25) is 0 Å². The van der Waals surface area contributed by atoms with E-state index in [1.165, 1.54) is 0 Å². The van der Waals surface area contributed by atoms with Crippen LogP contribution in [0.2, 0.25) is 0 Å². The van der Waals surface area contributed by atoms with Crippen LogP contribution >= 0.6 is 0 Å². The third-order valence-electron chi connectivity index (χ3n) is 6.88. The third kappa shape index (κ3) is 13.4. The molecule has 0 aliphatic carbocycles. The highest BCUT2D eigenvalue weighted by atomic mass is 16.5. The Morgan fingerprint density at radius 2 is 0.600 bits per heavy atom. The largest absolute Gasteiger partial charge is 0.496 e. The van der Waals surface area contributed by atoms with Crippen LogP contribution in [0, 0.1) is 0 Å². The number of ether oxygens (including phenoxy) is 4. The van der Waals surface area contributed by atoms with E-state index in [9.17, 15) is 20.1 Å². The van der Waals surface area contributed by atoms with Crippen molar-refractivity contribution < 1.29 is 39.0 Å². The first kappa shape index (κ1) is 36.4. The molecule has 40 heavy (non-hydrogen) atoms. The Morgan fingerprint density at radius 3 is 0.775 bits per heavy atom. The maximum absolute atomic E-state index is 10.6. The summed E-state index contributed by atoms with van der Waals surface area (Å²) in [5, 5.41) is 42.4. The summed E-state index contributed by atoms with van der Waals surface area (Å²) in [5.74, 6) is 0.304. The molecule has 0 saturated carbocycles. The number of unbranched alkanes of at least 4 members (excludes halogenated alkanes) is 12. The second-order valence-electron chi connectivity index (χ2n) is 10.5. The van der Waals surface area contributed by atoms with Crippen LogP contribution in [-0.2, 0) is 0 Å². The highest BCUT2D eigenvalue weighted by Crippen LogP contribution is 2.37. The molecule has 0 spiro atoms. The average molecular weight is 566 g/mol. The van der Waals surface area contributed by atoms with Gasteiger partial charge in [-0.1, -0.05) is 105 Å². The number of benzene rings is 1. The summed E-state index contributed by atoms with van der Waals surface area (Å²) in [7, 11) is -3.88. The van der Waals surface area contributed by atoms with Crippen LogP contribution in [0.25, 0.3) is 0 Å². The van der Waals surface area contributed by atoms with Crippen molar-refractivity contribution in [2.24, 2.45) is 0 Å². The minimum absolute atomic E-state index is 0.00231. The van der Waals surface area contributed by atoms with Crippen molar-refractivity contribution in [1.82, 2.24) is 0 Å². The van der Waals surface area contributed by atoms with Gasteiger partial charge in [0.15, 0.2) is 23.0 Å². The van der Waals surface area contributed by atoms with Crippen molar-refractivity contribution in [3.8, 4) is 23.0 Å². The second-order valence-corrected chi connectivity index (χ2v) is 10.5. The van der Waals surface area contributed by atoms with Gasteiger partial charge in [-0.25, -0.2) is 0 Å². The third-order valence-corrected chi connectivity index (χ3v) is 6.88. The van der Waals surface area contributed by atoms with Crippen molar-refractivity contribution in [3.63, 3.8) is 0 Å². The number of hydrogen-bond acceptors (Lipinski definition) is 8. The van der Waals surface area contributed by atoms with E-state index in [2.05, 4.69) is 27.7 Å². The zero-order chi connectivity index (χ0) is 29.6. The molecule has 1 rings (SSSR count). The molecule has 0 radical (unpaired) electrons. The lowest BCUT2D eigenvalue weighted by atomic mass is 9.71. The maximum atomic E-state index is 10.6. The lowest BCUT2D eigenvalue weighted by Crippen LogP contribution is -2.41. The summed E-state index contributed by atoms with van der Waals surface area (Å²) in [4.78, 5) is 0. The lowest BCUT2D eigenvalue weighted by Gasteiger charge is -2.26. The molecule has 0 fully saturated rings. The van der Waals surface area contributed by atoms with Gasteiger partial charge in [0.25, 0.3) is 0 Å². The van der Waals surface area contributed by atoms with Gasteiger partial charge in [-0.05, 0) is 25.7 Å². The molecule has 0 saturated heterocycles. The fraction of sp³-hybridized carbons (Fsp3) is 0.800. The van der Waals surface area contributed by atoms with Crippen molar-refractivity contribution in [3.05, 3.63) is 0 Å². The van der Waals surface area contributed by atoms with Crippen molar-refractivity contribution in [2.45, 2.75) is 130 Å². The van der Waals surface area contributed by atoms with Gasteiger partial charge in [0, 0.05) is 0 Å². The van der Waals surface area contributed by atoms with Crippen molar-refractivity contribution in [2.75, 3.05) is 26.4 Å². The summed E-state index contributed by atoms with van der Waals surface area (Å²) < 4.78 is 24.6. The number of hydrogen-bond donors (Lipinski definition) is 4. The average Bonchev–Trinajstić information content (AvgIpc) is 2.92. The first-order valence-corrected chi connectivity index (χ1v) is 15.9. The molecule has 10 heteroatoms. The van der Waals surface area contributed by atoms with E-state index in [1.807, 2.05) is 0 Å². The molecule has 0 heterocycles. The molecule has 230 valence electrons. The molecule has 0 atom stereocenters. The summed E-state index contributed by atoms with van der Waals surface area (Å²) >= 11 is 0. The summed E-state index contributed by atoms with van der Waals surface area (Å²) in [6.07, 6.45) is 15.5. The first-order valence-electron chi connectivity index (χ1n) is 15.9. The van der Waals surface area contributed by atoms with Crippen LogP contribution in [0.1, 0.15) is 130 Å². The predicted octanol–water partition coefficient (Wildman–Crippen LogP) is 4.88. The van der Waals surface area contributed by atoms with Gasteiger partial charge in [0.1, 0.15) is 0 Å². The molecular formula is C30H56B2O8. The summed E-state index contributed by atoms with van der Waals surface area (Å²) in [5.41, 5.74) is 0.00463. The first-order chi connectivity index (χ1) is 19.4. The Kier molecular flexibility index (Phi) is 20.9. The van der Waals surface area contributed by atoms with Gasteiger partial charge in [-0.15, -0.1) is 0 Å². The Morgan fingerprint density at radius 1 is 0.375 bits per heavy atom. The van der Waals surface area contributed by atoms with E-state index < -0.39 is 14.2 Å². The Hall–Kier alpha value is -1.61. The van der Waals surface area contributed by atoms with Crippen LogP contribution in [0.4, 0.5) is 0 Å². The molecule has 4 N–H and O–H groups in total. The standard InChI is InChI=1S/C30H56B2O8/c1-5-9-13-17-21-37-27-25(31(33)34)29(39-23-19-15-11-7-3)30(40-24-20-16-12-8-4)26(32(35)36)28(27)38-22-18-14-10-6-2/h33-36H,5-24H2,1-4H3. The van der Waals surface area contributed by atoms with Gasteiger partial charge in [0.05, 0.1) is 37.4 Å². The second kappa shape index (κ2) is 23.0. The monoisotopic (exact) mass is 566 g/mol. The molecule has 1 aromatic carbocycles. The quantitative estimate of drug-likeness (QED) is 0.0926. The topological polar surface area (TPSA) is 118 Å². The molecule has 8 nitrogen and oxygen atoms in total. The minimum atomic E-state index is -1.94. The maximum Gasteiger partial charge on any atom is 0.496 e. The van der Waals surface area contributed by atoms with Gasteiger partial charge >= 0.3 is 14.2 Å². The smallest absolute Gasteiger partial charge is 0.490 e. The van der Waals surface area contributed by atoms with Crippen LogP contribution in [0.5, 0.6) is 23.0 Å². The van der Waals surface area contributed by atoms with E-state index >= 15 is 0 Å². The molecular weight excluding hydrogens is 510 g/mol. The fourth-order valence-electron chi connectivity index (χ4n) is 4.55. The van der Waals surface area contributed by atoms with Gasteiger partial charge < -0.3 is 39.0 Å². The Bertz CT molecular complexity index is 661. The molecule has 0 aliphatic rings. The highest BCUT2D eigenvalue weighted by Gasteiger charge is 2.38. The molecule has 1 aromatic rings. The van der Waals surface area contributed by atoms with E-state index in [0.717, 1.165) is 103 Å². The molecule has 0 unspecified atom stereocenters. The Balaban J connectivity index is 3.58. The molecule has 0 bridgehead atoms. The normalized spacial score (nSPS) is 11.0. The molecule has 0 amide bonds. The molecule has 0 aliphatic heterocycles. The Labute approximate surface area is 244 Å². The van der Waals surface area contributed by atoms with Crippen LogP contribution in [0.15, 0.2) is 0 Å². The zero-order valence-corrected chi connectivity index (χ0v) is 25.7. The van der Waals surface area contributed by atoms with E-state index in [4.69, 9.17) is 18.9 Å². The van der Waals surface area contributed by atoms with Crippen LogP contribution < -0.4 is 29.9 Å². The van der Waals surface area contributed by atoms with Gasteiger partial charge in [-0.2, -0.15) is 0 Å². The zero-order valence-electron chi connectivity index (χ0n) is 25.7. The van der Waals surface area contributed by atoms with E-state index in [-0.39, 0.29) is 33.9 Å². The van der Waals surface area contributed by atoms with Gasteiger partial charge in [0.2, 0.25) is 0 Å². The predicted molar refractivity (Wildman–Crippen MR) is 165 cm³/mol. The van der Waals surface area contributed by atoms with E-state index in [1.54, 1.807) is 0 Å².